The Morgan fingerprint density at radius 3 is 2.35 bits per heavy atom. The summed E-state index contributed by atoms with van der Waals surface area (Å²) in [5.41, 5.74) is 5.25. The Morgan fingerprint density at radius 2 is 1.85 bits per heavy atom. The molecule has 0 aliphatic carbocycles. The number of hydrogen-bond donors (Lipinski definition) is 1. The van der Waals surface area contributed by atoms with Crippen molar-refractivity contribution in [2.75, 3.05) is 37.6 Å². The van der Waals surface area contributed by atoms with E-state index in [1.807, 2.05) is 25.7 Å². The maximum absolute atomic E-state index is 12.1. The molecule has 0 saturated carbocycles. The molecule has 1 aromatic carbocycles. The molecule has 1 aliphatic heterocycles. The number of amides is 1. The van der Waals surface area contributed by atoms with Gasteiger partial charge in [-0.1, -0.05) is 0 Å². The van der Waals surface area contributed by atoms with Crippen LogP contribution >= 0.6 is 0 Å². The molecule has 2 rings (SSSR count). The number of hydrogen-bond acceptors (Lipinski definition) is 7. The van der Waals surface area contributed by atoms with E-state index in [1.165, 1.54) is 12.1 Å². The zero-order valence-corrected chi connectivity index (χ0v) is 15.2. The molecule has 9 nitrogen and oxygen atoms in total. The van der Waals surface area contributed by atoms with E-state index in [4.69, 9.17) is 10.5 Å². The second-order valence-electron chi connectivity index (χ2n) is 7.04. The minimum absolute atomic E-state index is 0.00423. The zero-order chi connectivity index (χ0) is 19.5. The monoisotopic (exact) mass is 364 g/mol. The quantitative estimate of drug-likeness (QED) is 0.491. The van der Waals surface area contributed by atoms with Crippen LogP contribution in [0.4, 0.5) is 16.2 Å². The van der Waals surface area contributed by atoms with E-state index in [9.17, 15) is 19.7 Å². The standard InChI is InChI=1S/C17H24N4O5/c1-17(2,3)26-16(23)20-8-6-19(7-9-20)12-4-5-14(21(24)25)13(10-12)15(22)11-18/h4-5,10H,6-9,11,18H2,1-3H3. The molecule has 0 aromatic heterocycles. The minimum Gasteiger partial charge on any atom is -0.444 e. The van der Waals surface area contributed by atoms with Crippen LogP contribution in [0.5, 0.6) is 0 Å². The summed E-state index contributed by atoms with van der Waals surface area (Å²) in [7, 11) is 0. The largest absolute Gasteiger partial charge is 0.444 e. The van der Waals surface area contributed by atoms with Gasteiger partial charge in [0.25, 0.3) is 5.69 Å². The molecular formula is C17H24N4O5. The molecule has 0 spiro atoms. The van der Waals surface area contributed by atoms with Crippen molar-refractivity contribution in [2.45, 2.75) is 26.4 Å². The Balaban J connectivity index is 2.11. The molecule has 1 saturated heterocycles. The number of nitrogens with two attached hydrogens (primary N) is 1. The van der Waals surface area contributed by atoms with Crippen LogP contribution in [0.2, 0.25) is 0 Å². The van der Waals surface area contributed by atoms with E-state index in [0.717, 1.165) is 0 Å². The van der Waals surface area contributed by atoms with Gasteiger partial charge >= 0.3 is 6.09 Å². The van der Waals surface area contributed by atoms with Crippen LogP contribution in [0.3, 0.4) is 0 Å². The molecule has 0 atom stereocenters. The average molecular weight is 364 g/mol. The van der Waals surface area contributed by atoms with Crippen LogP contribution in [0, 0.1) is 10.1 Å². The van der Waals surface area contributed by atoms with E-state index in [1.54, 1.807) is 11.0 Å². The highest BCUT2D eigenvalue weighted by Gasteiger charge is 2.27. The van der Waals surface area contributed by atoms with Gasteiger partial charge in [-0.05, 0) is 32.9 Å². The maximum Gasteiger partial charge on any atom is 0.410 e. The van der Waals surface area contributed by atoms with Crippen molar-refractivity contribution in [2.24, 2.45) is 5.73 Å². The van der Waals surface area contributed by atoms with Crippen molar-refractivity contribution in [3.63, 3.8) is 0 Å². The third-order valence-corrected chi connectivity index (χ3v) is 3.96. The molecule has 1 fully saturated rings. The molecule has 26 heavy (non-hydrogen) atoms. The Kier molecular flexibility index (Phi) is 5.81. The van der Waals surface area contributed by atoms with Crippen molar-refractivity contribution in [3.05, 3.63) is 33.9 Å². The first kappa shape index (κ1) is 19.6. The number of nitro benzene ring substituents is 1. The topological polar surface area (TPSA) is 119 Å². The molecule has 9 heteroatoms. The van der Waals surface area contributed by atoms with E-state index in [-0.39, 0.29) is 23.9 Å². The number of Topliss-reactive ketones (excluding diaryl/α,β-unsaturated/α-hetero) is 1. The first-order chi connectivity index (χ1) is 12.1. The predicted molar refractivity (Wildman–Crippen MR) is 96.5 cm³/mol. The highest BCUT2D eigenvalue weighted by atomic mass is 16.6. The lowest BCUT2D eigenvalue weighted by atomic mass is 10.1. The van der Waals surface area contributed by atoms with Crippen molar-refractivity contribution in [1.29, 1.82) is 0 Å². The fourth-order valence-electron chi connectivity index (χ4n) is 2.69. The van der Waals surface area contributed by atoms with Crippen LogP contribution in [0.1, 0.15) is 31.1 Å². The van der Waals surface area contributed by atoms with E-state index in [2.05, 4.69) is 0 Å². The third-order valence-electron chi connectivity index (χ3n) is 3.96. The Hall–Kier alpha value is -2.68. The summed E-state index contributed by atoms with van der Waals surface area (Å²) < 4.78 is 5.36. The zero-order valence-electron chi connectivity index (χ0n) is 15.2. The van der Waals surface area contributed by atoms with Crippen LogP contribution in [-0.2, 0) is 4.74 Å². The molecule has 1 heterocycles. The summed E-state index contributed by atoms with van der Waals surface area (Å²) in [5.74, 6) is -0.481. The van der Waals surface area contributed by atoms with Crippen LogP contribution in [0.25, 0.3) is 0 Å². The van der Waals surface area contributed by atoms with Gasteiger partial charge in [0, 0.05) is 37.9 Å². The van der Waals surface area contributed by atoms with Gasteiger partial charge < -0.3 is 20.3 Å². The van der Waals surface area contributed by atoms with Crippen molar-refractivity contribution in [3.8, 4) is 0 Å². The predicted octanol–water partition coefficient (Wildman–Crippen LogP) is 1.79. The summed E-state index contributed by atoms with van der Waals surface area (Å²) in [6, 6.07) is 4.42. The summed E-state index contributed by atoms with van der Waals surface area (Å²) in [4.78, 5) is 38.1. The summed E-state index contributed by atoms with van der Waals surface area (Å²) >= 11 is 0. The number of rotatable bonds is 4. The molecule has 0 bridgehead atoms. The number of nitro groups is 1. The molecule has 142 valence electrons. The number of piperazine rings is 1. The molecular weight excluding hydrogens is 340 g/mol. The van der Waals surface area contributed by atoms with Gasteiger partial charge in [0.05, 0.1) is 17.0 Å². The number of carbonyl (C=O) groups is 2. The highest BCUT2D eigenvalue weighted by molar-refractivity contribution is 6.02. The Morgan fingerprint density at radius 1 is 1.23 bits per heavy atom. The smallest absolute Gasteiger partial charge is 0.410 e. The molecule has 1 aromatic rings. The number of ether oxygens (including phenoxy) is 1. The van der Waals surface area contributed by atoms with Gasteiger partial charge in [-0.15, -0.1) is 0 Å². The summed E-state index contributed by atoms with van der Waals surface area (Å²) in [5, 5.41) is 11.1. The van der Waals surface area contributed by atoms with Gasteiger partial charge in [-0.2, -0.15) is 0 Å². The Labute approximate surface area is 151 Å². The minimum atomic E-state index is -0.590. The Bertz CT molecular complexity index is 706. The molecule has 0 radical (unpaired) electrons. The average Bonchev–Trinajstić information content (AvgIpc) is 2.59. The number of anilines is 1. The fraction of sp³-hybridized carbons (Fsp3) is 0.529. The number of carbonyl (C=O) groups excluding carboxylic acids is 2. The SMILES string of the molecule is CC(C)(C)OC(=O)N1CCN(c2ccc([N+](=O)[O-])c(C(=O)CN)c2)CC1. The van der Waals surface area contributed by atoms with Gasteiger partial charge in [-0.3, -0.25) is 14.9 Å². The molecule has 1 aliphatic rings. The van der Waals surface area contributed by atoms with Gasteiger partial charge in [0.15, 0.2) is 5.78 Å². The van der Waals surface area contributed by atoms with Crippen LogP contribution < -0.4 is 10.6 Å². The lowest BCUT2D eigenvalue weighted by Gasteiger charge is -2.36. The first-order valence-corrected chi connectivity index (χ1v) is 8.37. The van der Waals surface area contributed by atoms with E-state index < -0.39 is 16.3 Å². The number of ketones is 1. The van der Waals surface area contributed by atoms with Crippen molar-refractivity contribution < 1.29 is 19.2 Å². The van der Waals surface area contributed by atoms with Gasteiger partial charge in [-0.25, -0.2) is 4.79 Å². The lowest BCUT2D eigenvalue weighted by Crippen LogP contribution is -2.50. The number of benzene rings is 1. The molecule has 0 unspecified atom stereocenters. The lowest BCUT2D eigenvalue weighted by molar-refractivity contribution is -0.385. The van der Waals surface area contributed by atoms with E-state index >= 15 is 0 Å². The molecule has 1 amide bonds. The van der Waals surface area contributed by atoms with Crippen LogP contribution in [0.15, 0.2) is 18.2 Å². The normalized spacial score (nSPS) is 14.9. The number of nitrogens with zero attached hydrogens (tertiary/aromatic N) is 3. The highest BCUT2D eigenvalue weighted by Crippen LogP contribution is 2.26. The van der Waals surface area contributed by atoms with Crippen LogP contribution in [-0.4, -0.2) is 60.0 Å². The summed E-state index contributed by atoms with van der Waals surface area (Å²) in [6.45, 7) is 7.14. The van der Waals surface area contributed by atoms with E-state index in [0.29, 0.717) is 31.9 Å². The van der Waals surface area contributed by atoms with Crippen molar-refractivity contribution in [1.82, 2.24) is 4.90 Å². The second-order valence-corrected chi connectivity index (χ2v) is 7.04. The van der Waals surface area contributed by atoms with Gasteiger partial charge in [0.2, 0.25) is 0 Å². The first-order valence-electron chi connectivity index (χ1n) is 8.37. The van der Waals surface area contributed by atoms with Gasteiger partial charge in [0.1, 0.15) is 5.60 Å². The fourth-order valence-corrected chi connectivity index (χ4v) is 2.69. The summed E-state index contributed by atoms with van der Waals surface area (Å²) in [6.07, 6.45) is -0.361. The third kappa shape index (κ3) is 4.69. The van der Waals surface area contributed by atoms with Crippen molar-refractivity contribution >= 4 is 23.3 Å². The second kappa shape index (κ2) is 7.69. The molecule has 2 N–H and O–H groups in total. The maximum atomic E-state index is 12.1.